The monoisotopic (exact) mass is 344 g/mol. The maximum atomic E-state index is 12.5. The zero-order valence-corrected chi connectivity index (χ0v) is 14.1. The fourth-order valence-corrected chi connectivity index (χ4v) is 2.96. The largest absolute Gasteiger partial charge is 0.375 e. The zero-order chi connectivity index (χ0) is 16.8. The maximum Gasteiger partial charge on any atom is 0.223 e. The van der Waals surface area contributed by atoms with Crippen molar-refractivity contribution >= 4 is 17.5 Å². The lowest BCUT2D eigenvalue weighted by Crippen LogP contribution is -2.42. The van der Waals surface area contributed by atoms with Crippen LogP contribution in [0.4, 0.5) is 0 Å². The SMILES string of the molecule is O=C(C[C@H]1CNCCO1)N[C@H](c1ccccc1)c1ccc(Cl)cc1. The van der Waals surface area contributed by atoms with Crippen LogP contribution in [0.25, 0.3) is 0 Å². The Kier molecular flexibility index (Phi) is 5.86. The van der Waals surface area contributed by atoms with E-state index in [0.29, 0.717) is 24.6 Å². The fourth-order valence-electron chi connectivity index (χ4n) is 2.84. The van der Waals surface area contributed by atoms with Gasteiger partial charge in [-0.15, -0.1) is 0 Å². The Bertz CT molecular complexity index is 655. The molecule has 1 fully saturated rings. The fraction of sp³-hybridized carbons (Fsp3) is 0.316. The first-order chi connectivity index (χ1) is 11.7. The van der Waals surface area contributed by atoms with Crippen molar-refractivity contribution in [1.29, 1.82) is 0 Å². The van der Waals surface area contributed by atoms with E-state index in [2.05, 4.69) is 10.6 Å². The molecule has 1 heterocycles. The van der Waals surface area contributed by atoms with Gasteiger partial charge in [0.15, 0.2) is 0 Å². The number of morpholine rings is 1. The van der Waals surface area contributed by atoms with E-state index in [1.54, 1.807) is 0 Å². The van der Waals surface area contributed by atoms with E-state index in [9.17, 15) is 4.79 Å². The van der Waals surface area contributed by atoms with Gasteiger partial charge in [-0.05, 0) is 23.3 Å². The Morgan fingerprint density at radius 3 is 2.54 bits per heavy atom. The predicted molar refractivity (Wildman–Crippen MR) is 95.1 cm³/mol. The summed E-state index contributed by atoms with van der Waals surface area (Å²) in [5, 5.41) is 7.05. The van der Waals surface area contributed by atoms with Crippen LogP contribution in [0.2, 0.25) is 5.02 Å². The Balaban J connectivity index is 1.74. The lowest BCUT2D eigenvalue weighted by Gasteiger charge is -2.25. The van der Waals surface area contributed by atoms with Gasteiger partial charge in [-0.1, -0.05) is 54.1 Å². The molecule has 0 aliphatic carbocycles. The lowest BCUT2D eigenvalue weighted by molar-refractivity contribution is -0.125. The van der Waals surface area contributed by atoms with E-state index in [1.807, 2.05) is 54.6 Å². The number of carbonyl (C=O) groups is 1. The van der Waals surface area contributed by atoms with E-state index in [4.69, 9.17) is 16.3 Å². The number of halogens is 1. The van der Waals surface area contributed by atoms with Crippen LogP contribution in [-0.2, 0) is 9.53 Å². The molecule has 0 spiro atoms. The van der Waals surface area contributed by atoms with Gasteiger partial charge in [-0.25, -0.2) is 0 Å². The second-order valence-corrected chi connectivity index (χ2v) is 6.30. The molecule has 1 saturated heterocycles. The highest BCUT2D eigenvalue weighted by Gasteiger charge is 2.21. The summed E-state index contributed by atoms with van der Waals surface area (Å²) < 4.78 is 5.62. The van der Waals surface area contributed by atoms with Gasteiger partial charge in [-0.3, -0.25) is 4.79 Å². The molecule has 0 radical (unpaired) electrons. The molecule has 1 aliphatic rings. The second-order valence-electron chi connectivity index (χ2n) is 5.86. The molecule has 0 saturated carbocycles. The van der Waals surface area contributed by atoms with Crippen molar-refractivity contribution in [2.45, 2.75) is 18.6 Å². The molecule has 2 aromatic carbocycles. The third-order valence-corrected chi connectivity index (χ3v) is 4.31. The first kappa shape index (κ1) is 17.0. The molecule has 4 nitrogen and oxygen atoms in total. The minimum absolute atomic E-state index is 0.0208. The molecule has 24 heavy (non-hydrogen) atoms. The molecule has 2 N–H and O–H groups in total. The standard InChI is InChI=1S/C19H21ClN2O2/c20-16-8-6-15(7-9-16)19(14-4-2-1-3-5-14)22-18(23)12-17-13-21-10-11-24-17/h1-9,17,19,21H,10-13H2,(H,22,23)/t17-,19+/m0/s1. The van der Waals surface area contributed by atoms with Crippen LogP contribution >= 0.6 is 11.6 Å². The quantitative estimate of drug-likeness (QED) is 0.876. The predicted octanol–water partition coefficient (Wildman–Crippen LogP) is 2.92. The van der Waals surface area contributed by atoms with Crippen LogP contribution in [0.1, 0.15) is 23.6 Å². The summed E-state index contributed by atoms with van der Waals surface area (Å²) in [7, 11) is 0. The van der Waals surface area contributed by atoms with Gasteiger partial charge >= 0.3 is 0 Å². The first-order valence-corrected chi connectivity index (χ1v) is 8.52. The summed E-state index contributed by atoms with van der Waals surface area (Å²) in [6.45, 7) is 2.21. The van der Waals surface area contributed by atoms with E-state index < -0.39 is 0 Å². The smallest absolute Gasteiger partial charge is 0.223 e. The molecule has 5 heteroatoms. The van der Waals surface area contributed by atoms with Crippen LogP contribution in [0.3, 0.4) is 0 Å². The Labute approximate surface area is 147 Å². The maximum absolute atomic E-state index is 12.5. The third kappa shape index (κ3) is 4.57. The average Bonchev–Trinajstić information content (AvgIpc) is 2.62. The van der Waals surface area contributed by atoms with E-state index >= 15 is 0 Å². The minimum Gasteiger partial charge on any atom is -0.375 e. The Morgan fingerprint density at radius 1 is 1.17 bits per heavy atom. The highest BCUT2D eigenvalue weighted by Crippen LogP contribution is 2.23. The molecule has 0 aromatic heterocycles. The average molecular weight is 345 g/mol. The summed E-state index contributed by atoms with van der Waals surface area (Å²) in [5.41, 5.74) is 2.04. The number of carbonyl (C=O) groups excluding carboxylic acids is 1. The molecule has 2 aromatic rings. The topological polar surface area (TPSA) is 50.4 Å². The van der Waals surface area contributed by atoms with Crippen LogP contribution in [0.5, 0.6) is 0 Å². The highest BCUT2D eigenvalue weighted by molar-refractivity contribution is 6.30. The van der Waals surface area contributed by atoms with Crippen LogP contribution in [-0.4, -0.2) is 31.7 Å². The number of rotatable bonds is 5. The number of amides is 1. The van der Waals surface area contributed by atoms with Crippen molar-refractivity contribution in [2.24, 2.45) is 0 Å². The van der Waals surface area contributed by atoms with Gasteiger partial charge in [0.05, 0.1) is 25.2 Å². The number of benzene rings is 2. The van der Waals surface area contributed by atoms with E-state index in [0.717, 1.165) is 17.7 Å². The lowest BCUT2D eigenvalue weighted by atomic mass is 9.98. The van der Waals surface area contributed by atoms with Crippen molar-refractivity contribution in [3.63, 3.8) is 0 Å². The van der Waals surface area contributed by atoms with Gasteiger partial charge in [0, 0.05) is 18.1 Å². The molecule has 1 aliphatic heterocycles. The molecule has 1 amide bonds. The summed E-state index contributed by atoms with van der Waals surface area (Å²) in [5.74, 6) is -0.0208. The zero-order valence-electron chi connectivity index (χ0n) is 13.4. The molecule has 0 bridgehead atoms. The van der Waals surface area contributed by atoms with Crippen molar-refractivity contribution in [2.75, 3.05) is 19.7 Å². The molecule has 2 atom stereocenters. The van der Waals surface area contributed by atoms with Crippen molar-refractivity contribution in [3.8, 4) is 0 Å². The summed E-state index contributed by atoms with van der Waals surface area (Å²) in [6, 6.07) is 17.3. The first-order valence-electron chi connectivity index (χ1n) is 8.14. The number of hydrogen-bond donors (Lipinski definition) is 2. The van der Waals surface area contributed by atoms with Crippen molar-refractivity contribution < 1.29 is 9.53 Å². The van der Waals surface area contributed by atoms with Gasteiger partial charge in [0.2, 0.25) is 5.91 Å². The van der Waals surface area contributed by atoms with Crippen LogP contribution < -0.4 is 10.6 Å². The van der Waals surface area contributed by atoms with Crippen molar-refractivity contribution in [1.82, 2.24) is 10.6 Å². The van der Waals surface area contributed by atoms with Gasteiger partial charge in [-0.2, -0.15) is 0 Å². The summed E-state index contributed by atoms with van der Waals surface area (Å²) >= 11 is 5.99. The Hall–Kier alpha value is -1.88. The van der Waals surface area contributed by atoms with Gasteiger partial charge < -0.3 is 15.4 Å². The molecular formula is C19H21ClN2O2. The minimum atomic E-state index is -0.201. The Morgan fingerprint density at radius 2 is 1.88 bits per heavy atom. The van der Waals surface area contributed by atoms with Crippen LogP contribution in [0, 0.1) is 0 Å². The molecular weight excluding hydrogens is 324 g/mol. The normalized spacial score (nSPS) is 18.8. The van der Waals surface area contributed by atoms with Gasteiger partial charge in [0.25, 0.3) is 0 Å². The van der Waals surface area contributed by atoms with E-state index in [-0.39, 0.29) is 18.1 Å². The molecule has 126 valence electrons. The van der Waals surface area contributed by atoms with E-state index in [1.165, 1.54) is 0 Å². The van der Waals surface area contributed by atoms with Crippen molar-refractivity contribution in [3.05, 3.63) is 70.7 Å². The highest BCUT2D eigenvalue weighted by atomic mass is 35.5. The molecule has 0 unspecified atom stereocenters. The third-order valence-electron chi connectivity index (χ3n) is 4.06. The number of ether oxygens (including phenoxy) is 1. The van der Waals surface area contributed by atoms with Crippen LogP contribution in [0.15, 0.2) is 54.6 Å². The number of hydrogen-bond acceptors (Lipinski definition) is 3. The van der Waals surface area contributed by atoms with Gasteiger partial charge in [0.1, 0.15) is 0 Å². The number of nitrogens with one attached hydrogen (secondary N) is 2. The molecule has 3 rings (SSSR count). The summed E-state index contributed by atoms with van der Waals surface area (Å²) in [4.78, 5) is 12.5. The summed E-state index contributed by atoms with van der Waals surface area (Å²) in [6.07, 6.45) is 0.282. The second kappa shape index (κ2) is 8.29.